The van der Waals surface area contributed by atoms with E-state index in [0.29, 0.717) is 0 Å². The van der Waals surface area contributed by atoms with Crippen LogP contribution >= 0.6 is 0 Å². The number of alkyl halides is 3. The van der Waals surface area contributed by atoms with Crippen LogP contribution in [0.2, 0.25) is 0 Å². The number of amides is 1. The molecule has 11 heteroatoms. The van der Waals surface area contributed by atoms with Gasteiger partial charge in [0.2, 0.25) is 0 Å². The number of para-hydroxylation sites is 2. The Morgan fingerprint density at radius 3 is 2.19 bits per heavy atom. The monoisotopic (exact) mass is 467 g/mol. The summed E-state index contributed by atoms with van der Waals surface area (Å²) < 4.78 is 78.0. The zero-order chi connectivity index (χ0) is 23.4. The highest BCUT2D eigenvalue weighted by atomic mass is 32.2. The lowest BCUT2D eigenvalue weighted by molar-refractivity contribution is -0.115. The highest BCUT2D eigenvalue weighted by Crippen LogP contribution is 2.25. The summed E-state index contributed by atoms with van der Waals surface area (Å²) in [6.45, 7) is -1.29. The second kappa shape index (κ2) is 9.27. The normalized spacial score (nSPS) is 11.6. The molecule has 0 radical (unpaired) electrons. The van der Waals surface area contributed by atoms with Crippen molar-refractivity contribution in [2.75, 3.05) is 21.9 Å². The molecule has 0 atom stereocenters. The highest BCUT2D eigenvalue weighted by molar-refractivity contribution is 7.92. The summed E-state index contributed by atoms with van der Waals surface area (Å²) >= 11 is 0. The van der Waals surface area contributed by atoms with Crippen molar-refractivity contribution in [3.8, 4) is 0 Å². The Morgan fingerprint density at radius 1 is 0.875 bits per heavy atom. The molecule has 3 N–H and O–H groups in total. The van der Waals surface area contributed by atoms with E-state index in [1.54, 1.807) is 0 Å². The van der Waals surface area contributed by atoms with Gasteiger partial charge in [-0.15, -0.1) is 0 Å². The number of hydrogen-bond acceptors (Lipinski definition) is 4. The van der Waals surface area contributed by atoms with Crippen LogP contribution in [0.1, 0.15) is 10.4 Å². The fourth-order valence-electron chi connectivity index (χ4n) is 2.67. The lowest BCUT2D eigenvalue weighted by atomic mass is 10.2. The van der Waals surface area contributed by atoms with E-state index in [1.807, 2.05) is 0 Å². The summed E-state index contributed by atoms with van der Waals surface area (Å²) in [6, 6.07) is 15.6. The minimum atomic E-state index is -4.45. The minimum Gasteiger partial charge on any atom is -0.375 e. The van der Waals surface area contributed by atoms with Gasteiger partial charge in [-0.1, -0.05) is 18.2 Å². The first-order valence-corrected chi connectivity index (χ1v) is 10.6. The number of halogens is 4. The lowest BCUT2D eigenvalue weighted by Gasteiger charge is -2.15. The van der Waals surface area contributed by atoms with E-state index in [1.165, 1.54) is 54.6 Å². The number of rotatable bonds is 7. The molecule has 0 saturated heterocycles. The van der Waals surface area contributed by atoms with Crippen LogP contribution in [0, 0.1) is 5.82 Å². The topological polar surface area (TPSA) is 87.3 Å². The van der Waals surface area contributed by atoms with Crippen molar-refractivity contribution >= 4 is 33.0 Å². The van der Waals surface area contributed by atoms with Gasteiger partial charge in [-0.25, -0.2) is 12.8 Å². The van der Waals surface area contributed by atoms with Gasteiger partial charge in [0.1, 0.15) is 12.4 Å². The van der Waals surface area contributed by atoms with Crippen molar-refractivity contribution in [1.29, 1.82) is 0 Å². The molecule has 0 heterocycles. The first kappa shape index (κ1) is 23.1. The summed E-state index contributed by atoms with van der Waals surface area (Å²) in [5.74, 6) is -1.25. The highest BCUT2D eigenvalue weighted by Gasteiger charge is 2.27. The Hall–Kier alpha value is -3.60. The number of carbonyl (C=O) groups is 1. The van der Waals surface area contributed by atoms with Gasteiger partial charge >= 0.3 is 6.18 Å². The molecule has 0 aliphatic carbocycles. The Kier molecular flexibility index (Phi) is 6.68. The second-order valence-electron chi connectivity index (χ2n) is 6.61. The first-order valence-electron chi connectivity index (χ1n) is 9.13. The summed E-state index contributed by atoms with van der Waals surface area (Å²) in [4.78, 5) is 12.4. The van der Waals surface area contributed by atoms with Gasteiger partial charge in [0.15, 0.2) is 0 Å². The Balaban J connectivity index is 1.78. The molecule has 168 valence electrons. The maximum Gasteiger partial charge on any atom is 0.405 e. The van der Waals surface area contributed by atoms with Crippen molar-refractivity contribution in [3.05, 3.63) is 84.2 Å². The van der Waals surface area contributed by atoms with Crippen LogP contribution in [0.3, 0.4) is 0 Å². The van der Waals surface area contributed by atoms with Crippen molar-refractivity contribution in [1.82, 2.24) is 0 Å². The molecule has 0 aliphatic rings. The number of nitrogens with one attached hydrogen (secondary N) is 3. The van der Waals surface area contributed by atoms with Gasteiger partial charge in [-0.05, 0) is 54.6 Å². The molecule has 3 aromatic carbocycles. The summed E-state index contributed by atoms with van der Waals surface area (Å²) in [6.07, 6.45) is -4.45. The Labute approximate surface area is 181 Å². The van der Waals surface area contributed by atoms with Crippen LogP contribution < -0.4 is 15.4 Å². The molecular formula is C21H17F4N3O3S. The van der Waals surface area contributed by atoms with Gasteiger partial charge < -0.3 is 10.6 Å². The Bertz CT molecular complexity index is 1210. The zero-order valence-electron chi connectivity index (χ0n) is 16.3. The SMILES string of the molecule is O=C(Nc1ccccc1NCC(F)(F)F)c1cccc(S(=O)(=O)Nc2ccc(F)cc2)c1. The zero-order valence-corrected chi connectivity index (χ0v) is 17.1. The number of benzene rings is 3. The van der Waals surface area contributed by atoms with Gasteiger partial charge in [0.25, 0.3) is 15.9 Å². The molecule has 0 bridgehead atoms. The van der Waals surface area contributed by atoms with E-state index in [0.717, 1.165) is 18.2 Å². The largest absolute Gasteiger partial charge is 0.405 e. The van der Waals surface area contributed by atoms with Crippen LogP contribution in [-0.2, 0) is 10.0 Å². The molecule has 0 aliphatic heterocycles. The van der Waals surface area contributed by atoms with Crippen LogP contribution in [-0.4, -0.2) is 27.0 Å². The van der Waals surface area contributed by atoms with Crippen LogP contribution in [0.4, 0.5) is 34.6 Å². The summed E-state index contributed by atoms with van der Waals surface area (Å²) in [5, 5.41) is 4.68. The number of hydrogen-bond donors (Lipinski definition) is 3. The lowest BCUT2D eigenvalue weighted by Crippen LogP contribution is -2.22. The summed E-state index contributed by atoms with van der Waals surface area (Å²) in [5.41, 5.74) is 0.253. The Morgan fingerprint density at radius 2 is 1.53 bits per heavy atom. The van der Waals surface area contributed by atoms with Gasteiger partial charge in [-0.2, -0.15) is 13.2 Å². The van der Waals surface area contributed by atoms with E-state index < -0.39 is 34.5 Å². The third-order valence-electron chi connectivity index (χ3n) is 4.16. The van der Waals surface area contributed by atoms with Gasteiger partial charge in [0.05, 0.1) is 16.3 Å². The quantitative estimate of drug-likeness (QED) is 0.434. The molecule has 6 nitrogen and oxygen atoms in total. The van der Waals surface area contributed by atoms with E-state index in [2.05, 4.69) is 15.4 Å². The standard InChI is InChI=1S/C21H17F4N3O3S/c22-15-8-10-16(11-9-15)28-32(30,31)17-5-3-4-14(12-17)20(29)27-19-7-2-1-6-18(19)26-13-21(23,24)25/h1-12,26,28H,13H2,(H,27,29). The predicted octanol–water partition coefficient (Wildman–Crippen LogP) is 4.85. The first-order chi connectivity index (χ1) is 15.0. The van der Waals surface area contributed by atoms with E-state index in [9.17, 15) is 30.8 Å². The average Bonchev–Trinajstić information content (AvgIpc) is 2.74. The van der Waals surface area contributed by atoms with E-state index in [4.69, 9.17) is 0 Å². The molecule has 3 aromatic rings. The smallest absolute Gasteiger partial charge is 0.375 e. The number of carbonyl (C=O) groups excluding carboxylic acids is 1. The van der Waals surface area contributed by atoms with Crippen molar-refractivity contribution in [3.63, 3.8) is 0 Å². The molecule has 0 spiro atoms. The average molecular weight is 467 g/mol. The third kappa shape index (κ3) is 6.20. The predicted molar refractivity (Wildman–Crippen MR) is 113 cm³/mol. The molecule has 0 saturated carbocycles. The maximum atomic E-state index is 13.0. The molecule has 3 rings (SSSR count). The van der Waals surface area contributed by atoms with Crippen LogP contribution in [0.5, 0.6) is 0 Å². The van der Waals surface area contributed by atoms with E-state index >= 15 is 0 Å². The third-order valence-corrected chi connectivity index (χ3v) is 5.54. The molecule has 0 aromatic heterocycles. The van der Waals surface area contributed by atoms with Crippen molar-refractivity contribution in [2.24, 2.45) is 0 Å². The number of sulfonamides is 1. The molecular weight excluding hydrogens is 450 g/mol. The van der Waals surface area contributed by atoms with Crippen molar-refractivity contribution in [2.45, 2.75) is 11.1 Å². The van der Waals surface area contributed by atoms with Crippen LogP contribution in [0.25, 0.3) is 0 Å². The fraction of sp³-hybridized carbons (Fsp3) is 0.0952. The van der Waals surface area contributed by atoms with Gasteiger partial charge in [0, 0.05) is 11.3 Å². The molecule has 0 fully saturated rings. The maximum absolute atomic E-state index is 13.0. The van der Waals surface area contributed by atoms with Gasteiger partial charge in [-0.3, -0.25) is 9.52 Å². The fourth-order valence-corrected chi connectivity index (χ4v) is 3.78. The number of anilines is 3. The molecule has 32 heavy (non-hydrogen) atoms. The molecule has 1 amide bonds. The summed E-state index contributed by atoms with van der Waals surface area (Å²) in [7, 11) is -4.08. The minimum absolute atomic E-state index is 0.0300. The van der Waals surface area contributed by atoms with Crippen LogP contribution in [0.15, 0.2) is 77.7 Å². The van der Waals surface area contributed by atoms with E-state index in [-0.39, 0.29) is 27.5 Å². The molecule has 0 unspecified atom stereocenters. The van der Waals surface area contributed by atoms with Crippen molar-refractivity contribution < 1.29 is 30.8 Å². The second-order valence-corrected chi connectivity index (χ2v) is 8.29.